The Balaban J connectivity index is 0.000000293. The first-order chi connectivity index (χ1) is 18.4. The van der Waals surface area contributed by atoms with Gasteiger partial charge < -0.3 is 29.1 Å². The Bertz CT molecular complexity index is 833. The van der Waals surface area contributed by atoms with E-state index in [1.807, 2.05) is 64.6 Å². The number of amides is 2. The average molecular weight is 549 g/mol. The lowest BCUT2D eigenvalue weighted by atomic mass is 9.94. The Labute approximate surface area is 236 Å². The molecule has 8 nitrogen and oxygen atoms in total. The molecule has 0 atom stereocenters. The number of hydrogen-bond acceptors (Lipinski definition) is 6. The van der Waals surface area contributed by atoms with Crippen LogP contribution in [0, 0.1) is 11.8 Å². The van der Waals surface area contributed by atoms with Crippen molar-refractivity contribution in [1.82, 2.24) is 9.80 Å². The molecule has 0 spiro atoms. The van der Waals surface area contributed by atoms with E-state index in [1.54, 1.807) is 4.90 Å². The summed E-state index contributed by atoms with van der Waals surface area (Å²) in [6.07, 6.45) is 5.53. The van der Waals surface area contributed by atoms with Gasteiger partial charge in [0.25, 0.3) is 0 Å². The summed E-state index contributed by atoms with van der Waals surface area (Å²) in [5.74, 6) is 1.20. The first-order valence-corrected chi connectivity index (χ1v) is 14.5. The monoisotopic (exact) mass is 548 g/mol. The molecule has 8 heteroatoms. The van der Waals surface area contributed by atoms with Crippen LogP contribution in [0.3, 0.4) is 0 Å². The molecule has 0 aliphatic carbocycles. The summed E-state index contributed by atoms with van der Waals surface area (Å²) < 4.78 is 16.5. The van der Waals surface area contributed by atoms with Crippen molar-refractivity contribution in [1.29, 1.82) is 0 Å². The fourth-order valence-corrected chi connectivity index (χ4v) is 4.66. The van der Waals surface area contributed by atoms with Crippen LogP contribution in [0.25, 0.3) is 0 Å². The van der Waals surface area contributed by atoms with Gasteiger partial charge in [-0.15, -0.1) is 0 Å². The minimum Gasteiger partial charge on any atom is -0.444 e. The van der Waals surface area contributed by atoms with Crippen molar-refractivity contribution in [2.24, 2.45) is 11.8 Å². The molecule has 2 aliphatic heterocycles. The smallest absolute Gasteiger partial charge is 0.410 e. The SMILES string of the molecule is CC(C)(C)OC(=O)N1CCC(CCO)CC1.CC(C)(C)OC(=O)N1CCC(CCOCc2ccccc2)CC1. The van der Waals surface area contributed by atoms with E-state index >= 15 is 0 Å². The number of ether oxygens (including phenoxy) is 3. The lowest BCUT2D eigenvalue weighted by Crippen LogP contribution is -2.41. The lowest BCUT2D eigenvalue weighted by Gasteiger charge is -2.33. The van der Waals surface area contributed by atoms with Crippen molar-refractivity contribution in [3.05, 3.63) is 35.9 Å². The van der Waals surface area contributed by atoms with Gasteiger partial charge in [0.1, 0.15) is 11.2 Å². The third-order valence-corrected chi connectivity index (χ3v) is 6.85. The van der Waals surface area contributed by atoms with Crippen molar-refractivity contribution < 1.29 is 28.9 Å². The second kappa shape index (κ2) is 16.1. The third-order valence-electron chi connectivity index (χ3n) is 6.85. The topological polar surface area (TPSA) is 88.5 Å². The molecule has 0 bridgehead atoms. The number of likely N-dealkylation sites (tertiary alicyclic amines) is 2. The minimum atomic E-state index is -0.418. The maximum atomic E-state index is 12.0. The van der Waals surface area contributed by atoms with Gasteiger partial charge in [-0.1, -0.05) is 30.3 Å². The molecular weight excluding hydrogens is 496 g/mol. The molecule has 1 N–H and O–H groups in total. The van der Waals surface area contributed by atoms with Gasteiger partial charge in [0.15, 0.2) is 0 Å². The fraction of sp³-hybridized carbons (Fsp3) is 0.742. The highest BCUT2D eigenvalue weighted by atomic mass is 16.6. The molecule has 2 amide bonds. The zero-order valence-corrected chi connectivity index (χ0v) is 25.1. The van der Waals surface area contributed by atoms with Crippen LogP contribution in [-0.4, -0.2) is 77.7 Å². The van der Waals surface area contributed by atoms with Crippen LogP contribution in [0.2, 0.25) is 0 Å². The highest BCUT2D eigenvalue weighted by molar-refractivity contribution is 5.68. The van der Waals surface area contributed by atoms with E-state index < -0.39 is 11.2 Å². The number of rotatable bonds is 7. The van der Waals surface area contributed by atoms with Gasteiger partial charge in [-0.05, 0) is 97.5 Å². The second-order valence-corrected chi connectivity index (χ2v) is 12.7. The molecule has 2 heterocycles. The highest BCUT2D eigenvalue weighted by Crippen LogP contribution is 2.23. The van der Waals surface area contributed by atoms with Crippen molar-refractivity contribution in [3.8, 4) is 0 Å². The molecule has 1 aromatic rings. The molecule has 39 heavy (non-hydrogen) atoms. The van der Waals surface area contributed by atoms with E-state index in [2.05, 4.69) is 12.1 Å². The summed E-state index contributed by atoms with van der Waals surface area (Å²) in [7, 11) is 0. The van der Waals surface area contributed by atoms with Gasteiger partial charge in [-0.25, -0.2) is 9.59 Å². The zero-order valence-electron chi connectivity index (χ0n) is 25.1. The average Bonchev–Trinajstić information content (AvgIpc) is 2.87. The highest BCUT2D eigenvalue weighted by Gasteiger charge is 2.27. The van der Waals surface area contributed by atoms with Gasteiger partial charge in [0.2, 0.25) is 0 Å². The molecule has 0 unspecified atom stereocenters. The van der Waals surface area contributed by atoms with Crippen molar-refractivity contribution >= 4 is 12.2 Å². The van der Waals surface area contributed by atoms with E-state index in [1.165, 1.54) is 5.56 Å². The molecule has 2 aliphatic rings. The summed E-state index contributed by atoms with van der Waals surface area (Å²) in [5.41, 5.74) is 0.380. The van der Waals surface area contributed by atoms with Gasteiger partial charge >= 0.3 is 12.2 Å². The first kappa shape index (κ1) is 32.9. The first-order valence-electron chi connectivity index (χ1n) is 14.5. The van der Waals surface area contributed by atoms with E-state index in [-0.39, 0.29) is 18.8 Å². The molecule has 0 saturated carbocycles. The summed E-state index contributed by atoms with van der Waals surface area (Å²) in [4.78, 5) is 27.3. The number of carbonyl (C=O) groups excluding carboxylic acids is 2. The molecule has 3 rings (SSSR count). The van der Waals surface area contributed by atoms with E-state index in [0.717, 1.165) is 71.3 Å². The number of nitrogens with zero attached hydrogens (tertiary/aromatic N) is 2. The molecule has 2 fully saturated rings. The zero-order chi connectivity index (χ0) is 28.9. The van der Waals surface area contributed by atoms with E-state index in [4.69, 9.17) is 19.3 Å². The Morgan fingerprint density at radius 1 is 0.769 bits per heavy atom. The molecule has 0 aromatic heterocycles. The fourth-order valence-electron chi connectivity index (χ4n) is 4.66. The van der Waals surface area contributed by atoms with Crippen molar-refractivity contribution in [2.75, 3.05) is 39.4 Å². The summed E-state index contributed by atoms with van der Waals surface area (Å²) in [5, 5.41) is 8.84. The van der Waals surface area contributed by atoms with Gasteiger partial charge in [0, 0.05) is 39.4 Å². The number of aliphatic hydroxyl groups is 1. The Morgan fingerprint density at radius 2 is 1.21 bits per heavy atom. The molecule has 0 radical (unpaired) electrons. The Kier molecular flexibility index (Phi) is 13.5. The molecule has 1 aromatic carbocycles. The van der Waals surface area contributed by atoms with Crippen LogP contribution in [0.4, 0.5) is 9.59 Å². The predicted octanol–water partition coefficient (Wildman–Crippen LogP) is 6.26. The van der Waals surface area contributed by atoms with Crippen LogP contribution in [0.15, 0.2) is 30.3 Å². The Hall–Kier alpha value is -2.32. The maximum Gasteiger partial charge on any atom is 0.410 e. The van der Waals surface area contributed by atoms with Crippen LogP contribution in [-0.2, 0) is 20.8 Å². The second-order valence-electron chi connectivity index (χ2n) is 12.7. The standard InChI is InChI=1S/C19H29NO3.C12H23NO3/c1-19(2,3)23-18(21)20-12-9-16(10-13-20)11-14-22-15-17-7-5-4-6-8-17;1-12(2,3)16-11(15)13-7-4-10(5-8-13)6-9-14/h4-8,16H,9-15H2,1-3H3;10,14H,4-9H2,1-3H3. The van der Waals surface area contributed by atoms with E-state index in [9.17, 15) is 9.59 Å². The predicted molar refractivity (Wildman–Crippen MR) is 153 cm³/mol. The number of benzene rings is 1. The number of piperidine rings is 2. The summed E-state index contributed by atoms with van der Waals surface area (Å²) in [6.45, 7) is 16.1. The van der Waals surface area contributed by atoms with Gasteiger partial charge in [-0.3, -0.25) is 0 Å². The van der Waals surface area contributed by atoms with Crippen LogP contribution in [0.5, 0.6) is 0 Å². The number of hydrogen-bond donors (Lipinski definition) is 1. The lowest BCUT2D eigenvalue weighted by molar-refractivity contribution is 0.0158. The summed E-state index contributed by atoms with van der Waals surface area (Å²) in [6, 6.07) is 10.2. The quantitative estimate of drug-likeness (QED) is 0.405. The van der Waals surface area contributed by atoms with Gasteiger partial charge in [-0.2, -0.15) is 0 Å². The molecule has 2 saturated heterocycles. The minimum absolute atomic E-state index is 0.184. The Morgan fingerprint density at radius 3 is 1.62 bits per heavy atom. The third kappa shape index (κ3) is 14.0. The molecular formula is C31H52N2O6. The van der Waals surface area contributed by atoms with Crippen LogP contribution in [0.1, 0.15) is 85.6 Å². The largest absolute Gasteiger partial charge is 0.444 e. The van der Waals surface area contributed by atoms with Gasteiger partial charge in [0.05, 0.1) is 6.61 Å². The number of carbonyl (C=O) groups is 2. The normalized spacial score (nSPS) is 17.3. The number of aliphatic hydroxyl groups excluding tert-OH is 1. The summed E-state index contributed by atoms with van der Waals surface area (Å²) >= 11 is 0. The maximum absolute atomic E-state index is 12.0. The van der Waals surface area contributed by atoms with Crippen molar-refractivity contribution in [2.45, 2.75) is 97.9 Å². The van der Waals surface area contributed by atoms with Crippen molar-refractivity contribution in [3.63, 3.8) is 0 Å². The van der Waals surface area contributed by atoms with E-state index in [0.29, 0.717) is 18.4 Å². The molecule has 222 valence electrons. The van der Waals surface area contributed by atoms with Crippen LogP contribution >= 0.6 is 0 Å². The van der Waals surface area contributed by atoms with Crippen LogP contribution < -0.4 is 0 Å².